The molecule has 2 aromatic rings. The third-order valence-electron chi connectivity index (χ3n) is 7.14. The molecule has 0 aromatic heterocycles. The summed E-state index contributed by atoms with van der Waals surface area (Å²) in [5.41, 5.74) is 7.51. The Labute approximate surface area is 257 Å². The minimum Gasteiger partial charge on any atom is -0.480 e. The van der Waals surface area contributed by atoms with Crippen LogP contribution in [0.15, 0.2) is 65.7 Å². The van der Waals surface area contributed by atoms with E-state index in [0.717, 1.165) is 5.56 Å². The molecule has 4 amide bonds. The zero-order valence-electron chi connectivity index (χ0n) is 25.0. The van der Waals surface area contributed by atoms with E-state index in [0.29, 0.717) is 31.4 Å². The van der Waals surface area contributed by atoms with Gasteiger partial charge in [0, 0.05) is 13.0 Å². The number of nitrogens with zero attached hydrogens (tertiary/aromatic N) is 1. The van der Waals surface area contributed by atoms with Crippen molar-refractivity contribution in [2.75, 3.05) is 13.2 Å². The second-order valence-corrected chi connectivity index (χ2v) is 11.3. The molecule has 0 radical (unpaired) electrons. The Balaban J connectivity index is 1.74. The van der Waals surface area contributed by atoms with Gasteiger partial charge in [0.1, 0.15) is 18.1 Å². The molecular formula is C31H43N7O6. The molecule has 0 saturated carbocycles. The number of benzene rings is 2. The normalized spacial score (nSPS) is 17.2. The molecule has 9 N–H and O–H groups in total. The largest absolute Gasteiger partial charge is 0.480 e. The summed E-state index contributed by atoms with van der Waals surface area (Å²) in [6.07, 6.45) is 1.07. The molecule has 0 bridgehead atoms. The molecule has 5 unspecified atom stereocenters. The summed E-state index contributed by atoms with van der Waals surface area (Å²) in [5, 5.41) is 33.2. The van der Waals surface area contributed by atoms with Crippen LogP contribution in [0.2, 0.25) is 0 Å². The molecule has 0 saturated heterocycles. The number of aliphatic carboxylic acids is 1. The molecule has 3 rings (SSSR count). The standard InChI is InChI=1S/C31H43N7O6/c1-19(2)15-24(27(40)34-22(18-39)16-20-9-5-3-6-10-20)35-28(41)26(23-13-14-33-30(32)36-23)38-31(44)37-25(29(42)43)17-21-11-7-4-8-12-21/h3-12,19,22-26,39H,13-18H2,1-2H3,(H,34,40)(H,35,41)(H,42,43)(H3,32,33,36)(H2,37,38,44). The summed E-state index contributed by atoms with van der Waals surface area (Å²) in [4.78, 5) is 56.2. The molecule has 0 aliphatic carbocycles. The minimum atomic E-state index is -1.26. The van der Waals surface area contributed by atoms with Gasteiger partial charge in [-0.3, -0.25) is 14.6 Å². The number of carbonyl (C=O) groups is 4. The molecule has 13 nitrogen and oxygen atoms in total. The van der Waals surface area contributed by atoms with Gasteiger partial charge in [0.25, 0.3) is 0 Å². The van der Waals surface area contributed by atoms with Gasteiger partial charge in [-0.15, -0.1) is 0 Å². The summed E-state index contributed by atoms with van der Waals surface area (Å²) in [6, 6.07) is 12.7. The van der Waals surface area contributed by atoms with E-state index in [1.165, 1.54) is 0 Å². The topological polar surface area (TPSA) is 207 Å². The highest BCUT2D eigenvalue weighted by molar-refractivity contribution is 5.93. The minimum absolute atomic E-state index is 0.0207. The Morgan fingerprint density at radius 2 is 1.50 bits per heavy atom. The van der Waals surface area contributed by atoms with E-state index in [9.17, 15) is 29.4 Å². The van der Waals surface area contributed by atoms with Crippen molar-refractivity contribution >= 4 is 29.8 Å². The van der Waals surface area contributed by atoms with Gasteiger partial charge in [0.15, 0.2) is 5.96 Å². The number of hydrogen-bond donors (Lipinski definition) is 8. The highest BCUT2D eigenvalue weighted by Crippen LogP contribution is 2.11. The first-order chi connectivity index (χ1) is 21.0. The van der Waals surface area contributed by atoms with E-state index in [1.807, 2.05) is 44.2 Å². The Morgan fingerprint density at radius 3 is 2.05 bits per heavy atom. The maximum absolute atomic E-state index is 13.7. The van der Waals surface area contributed by atoms with Crippen LogP contribution in [0.4, 0.5) is 4.79 Å². The fourth-order valence-corrected chi connectivity index (χ4v) is 4.95. The van der Waals surface area contributed by atoms with E-state index < -0.39 is 54.0 Å². The molecule has 238 valence electrons. The number of amides is 4. The number of aliphatic imine (C=N–C) groups is 1. The Morgan fingerprint density at radius 1 is 0.886 bits per heavy atom. The number of guanidine groups is 1. The van der Waals surface area contributed by atoms with E-state index in [-0.39, 0.29) is 24.9 Å². The van der Waals surface area contributed by atoms with Crippen LogP contribution >= 0.6 is 0 Å². The second-order valence-electron chi connectivity index (χ2n) is 11.3. The molecule has 0 spiro atoms. The second kappa shape index (κ2) is 16.8. The number of urea groups is 1. The molecule has 13 heteroatoms. The van der Waals surface area contributed by atoms with Crippen LogP contribution in [0, 0.1) is 5.92 Å². The van der Waals surface area contributed by atoms with Gasteiger partial charge in [-0.1, -0.05) is 74.5 Å². The van der Waals surface area contributed by atoms with Crippen LogP contribution in [0.3, 0.4) is 0 Å². The number of aliphatic hydroxyl groups is 1. The Hall–Kier alpha value is -4.65. The number of carboxylic acids is 1. The van der Waals surface area contributed by atoms with Gasteiger partial charge in [-0.05, 0) is 36.3 Å². The van der Waals surface area contributed by atoms with Gasteiger partial charge in [0.2, 0.25) is 11.8 Å². The van der Waals surface area contributed by atoms with Gasteiger partial charge in [-0.2, -0.15) is 0 Å². The lowest BCUT2D eigenvalue weighted by atomic mass is 9.99. The van der Waals surface area contributed by atoms with Crippen LogP contribution < -0.4 is 32.3 Å². The fourth-order valence-electron chi connectivity index (χ4n) is 4.95. The average Bonchev–Trinajstić information content (AvgIpc) is 2.99. The number of rotatable bonds is 15. The zero-order valence-corrected chi connectivity index (χ0v) is 25.0. The van der Waals surface area contributed by atoms with Crippen molar-refractivity contribution in [2.45, 2.75) is 69.7 Å². The smallest absolute Gasteiger partial charge is 0.326 e. The van der Waals surface area contributed by atoms with Gasteiger partial charge in [-0.25, -0.2) is 9.59 Å². The van der Waals surface area contributed by atoms with Gasteiger partial charge < -0.3 is 42.5 Å². The molecule has 2 aromatic carbocycles. The number of hydrogen-bond acceptors (Lipinski definition) is 8. The summed E-state index contributed by atoms with van der Waals surface area (Å²) < 4.78 is 0. The number of nitrogens with one attached hydrogen (secondary N) is 5. The third-order valence-corrected chi connectivity index (χ3v) is 7.14. The predicted octanol–water partition coefficient (Wildman–Crippen LogP) is 0.277. The fraction of sp³-hybridized carbons (Fsp3) is 0.452. The Bertz CT molecular complexity index is 1270. The zero-order chi connectivity index (χ0) is 32.1. The first kappa shape index (κ1) is 33.8. The average molecular weight is 610 g/mol. The highest BCUT2D eigenvalue weighted by Gasteiger charge is 2.35. The first-order valence-corrected chi connectivity index (χ1v) is 14.7. The van der Waals surface area contributed by atoms with Gasteiger partial charge >= 0.3 is 12.0 Å². The third kappa shape index (κ3) is 10.9. The molecular weight excluding hydrogens is 566 g/mol. The summed E-state index contributed by atoms with van der Waals surface area (Å²) in [7, 11) is 0. The SMILES string of the molecule is CC(C)CC(NC(=O)C(NC(=O)NC(Cc1ccccc1)C(=O)O)C1CCN=C(N)N1)C(=O)NC(CO)Cc1ccccc1. The number of carboxylic acid groups (broad SMARTS) is 1. The van der Waals surface area contributed by atoms with Crippen molar-refractivity contribution in [1.29, 1.82) is 0 Å². The molecule has 44 heavy (non-hydrogen) atoms. The maximum atomic E-state index is 13.7. The lowest BCUT2D eigenvalue weighted by Crippen LogP contribution is -2.64. The maximum Gasteiger partial charge on any atom is 0.326 e. The summed E-state index contributed by atoms with van der Waals surface area (Å²) in [6.45, 7) is 3.81. The van der Waals surface area contributed by atoms with Crippen molar-refractivity contribution in [2.24, 2.45) is 16.6 Å². The van der Waals surface area contributed by atoms with E-state index in [1.54, 1.807) is 30.3 Å². The molecule has 1 aliphatic rings. The van der Waals surface area contributed by atoms with E-state index in [4.69, 9.17) is 5.73 Å². The summed E-state index contributed by atoms with van der Waals surface area (Å²) >= 11 is 0. The van der Waals surface area contributed by atoms with Gasteiger partial charge in [0.05, 0.1) is 18.7 Å². The highest BCUT2D eigenvalue weighted by atomic mass is 16.4. The van der Waals surface area contributed by atoms with E-state index >= 15 is 0 Å². The molecule has 1 heterocycles. The van der Waals surface area contributed by atoms with Crippen LogP contribution in [0.5, 0.6) is 0 Å². The van der Waals surface area contributed by atoms with Crippen molar-refractivity contribution < 1.29 is 29.4 Å². The van der Waals surface area contributed by atoms with Crippen LogP contribution in [-0.2, 0) is 27.2 Å². The Kier molecular flexibility index (Phi) is 13.0. The van der Waals surface area contributed by atoms with E-state index in [2.05, 4.69) is 31.6 Å². The number of aliphatic hydroxyl groups excluding tert-OH is 1. The lowest BCUT2D eigenvalue weighted by Gasteiger charge is -2.32. The van der Waals surface area contributed by atoms with Crippen molar-refractivity contribution in [3.63, 3.8) is 0 Å². The van der Waals surface area contributed by atoms with Crippen LogP contribution in [0.1, 0.15) is 37.8 Å². The molecule has 1 aliphatic heterocycles. The van der Waals surface area contributed by atoms with Crippen molar-refractivity contribution in [1.82, 2.24) is 26.6 Å². The lowest BCUT2D eigenvalue weighted by molar-refractivity contribution is -0.139. The van der Waals surface area contributed by atoms with Crippen LogP contribution in [-0.4, -0.2) is 83.3 Å². The quantitative estimate of drug-likeness (QED) is 0.140. The molecule has 5 atom stereocenters. The monoisotopic (exact) mass is 609 g/mol. The van der Waals surface area contributed by atoms with Crippen LogP contribution in [0.25, 0.3) is 0 Å². The first-order valence-electron chi connectivity index (χ1n) is 14.7. The molecule has 0 fully saturated rings. The summed E-state index contributed by atoms with van der Waals surface area (Å²) in [5.74, 6) is -2.26. The number of carbonyl (C=O) groups excluding carboxylic acids is 3. The predicted molar refractivity (Wildman–Crippen MR) is 166 cm³/mol. The number of nitrogens with two attached hydrogens (primary N) is 1. The van der Waals surface area contributed by atoms with Crippen molar-refractivity contribution in [3.8, 4) is 0 Å². The van der Waals surface area contributed by atoms with Crippen molar-refractivity contribution in [3.05, 3.63) is 71.8 Å².